The van der Waals surface area contributed by atoms with Gasteiger partial charge in [0.15, 0.2) is 11.9 Å². The number of nitrogens with one attached hydrogen (secondary N) is 1. The number of nitrogens with zero attached hydrogens (tertiary/aromatic N) is 3. The van der Waals surface area contributed by atoms with Gasteiger partial charge < -0.3 is 14.8 Å². The highest BCUT2D eigenvalue weighted by Crippen LogP contribution is 2.36. The molecule has 4 rings (SSSR count). The molecule has 1 aliphatic rings. The molecule has 3 aromatic rings. The number of fused-ring (bicyclic) bond motifs is 3. The predicted molar refractivity (Wildman–Crippen MR) is 121 cm³/mol. The van der Waals surface area contributed by atoms with Gasteiger partial charge in [0.05, 0.1) is 7.11 Å². The van der Waals surface area contributed by atoms with Crippen molar-refractivity contribution in [2.45, 2.75) is 31.1 Å². The highest BCUT2D eigenvalue weighted by Gasteiger charge is 2.23. The molecule has 7 heteroatoms. The number of methoxy groups -OCH3 is 1. The SMILES string of the molecule is CCCCSc1nnc2c(n1)O[C@@H](/C=C\c1ccc(OC)cc1)Nc1ccccc1-2. The first kappa shape index (κ1) is 20.2. The van der Waals surface area contributed by atoms with Gasteiger partial charge in [-0.15, -0.1) is 10.2 Å². The van der Waals surface area contributed by atoms with E-state index < -0.39 is 0 Å². The average Bonchev–Trinajstić information content (AvgIpc) is 2.94. The van der Waals surface area contributed by atoms with Crippen molar-refractivity contribution in [1.29, 1.82) is 0 Å². The lowest BCUT2D eigenvalue weighted by molar-refractivity contribution is 0.266. The summed E-state index contributed by atoms with van der Waals surface area (Å²) in [6.07, 6.45) is 5.84. The molecule has 6 nitrogen and oxygen atoms in total. The van der Waals surface area contributed by atoms with Crippen LogP contribution in [0.3, 0.4) is 0 Å². The van der Waals surface area contributed by atoms with E-state index in [4.69, 9.17) is 9.47 Å². The molecule has 0 saturated carbocycles. The molecule has 0 aliphatic carbocycles. The Kier molecular flexibility index (Phi) is 6.49. The lowest BCUT2D eigenvalue weighted by Crippen LogP contribution is -2.23. The first-order valence-corrected chi connectivity index (χ1v) is 11.0. The fourth-order valence-electron chi connectivity index (χ4n) is 3.04. The van der Waals surface area contributed by atoms with Gasteiger partial charge in [0.25, 0.3) is 0 Å². The van der Waals surface area contributed by atoms with Crippen molar-refractivity contribution in [3.63, 3.8) is 0 Å². The number of unbranched alkanes of at least 4 members (excludes halogenated alkanes) is 1. The number of aromatic nitrogens is 3. The lowest BCUT2D eigenvalue weighted by Gasteiger charge is -2.15. The zero-order valence-electron chi connectivity index (χ0n) is 17.0. The zero-order valence-corrected chi connectivity index (χ0v) is 17.9. The molecular formula is C23H24N4O2S. The number of ether oxygens (including phenoxy) is 2. The molecule has 0 bridgehead atoms. The van der Waals surface area contributed by atoms with Crippen LogP contribution in [0.2, 0.25) is 0 Å². The van der Waals surface area contributed by atoms with E-state index in [-0.39, 0.29) is 6.23 Å². The van der Waals surface area contributed by atoms with Crippen molar-refractivity contribution < 1.29 is 9.47 Å². The Bertz CT molecular complexity index is 1020. The van der Waals surface area contributed by atoms with E-state index in [1.165, 1.54) is 0 Å². The number of anilines is 1. The molecule has 1 atom stereocenters. The van der Waals surface area contributed by atoms with E-state index in [0.717, 1.165) is 41.2 Å². The molecule has 0 spiro atoms. The fraction of sp³-hybridized carbons (Fsp3) is 0.261. The first-order chi connectivity index (χ1) is 14.8. The minimum absolute atomic E-state index is 0.389. The Morgan fingerprint density at radius 1 is 1.13 bits per heavy atom. The van der Waals surface area contributed by atoms with Gasteiger partial charge in [-0.3, -0.25) is 0 Å². The molecule has 0 saturated heterocycles. The van der Waals surface area contributed by atoms with Crippen LogP contribution in [0.1, 0.15) is 25.3 Å². The van der Waals surface area contributed by atoms with E-state index in [1.54, 1.807) is 18.9 Å². The number of para-hydroxylation sites is 1. The Balaban J connectivity index is 1.61. The van der Waals surface area contributed by atoms with Crippen LogP contribution in [0, 0.1) is 0 Å². The molecule has 0 fully saturated rings. The maximum absolute atomic E-state index is 6.20. The Hall–Kier alpha value is -3.06. The summed E-state index contributed by atoms with van der Waals surface area (Å²) in [6.45, 7) is 2.17. The summed E-state index contributed by atoms with van der Waals surface area (Å²) in [4.78, 5) is 4.65. The summed E-state index contributed by atoms with van der Waals surface area (Å²) in [6, 6.07) is 15.8. The maximum Gasteiger partial charge on any atom is 0.247 e. The van der Waals surface area contributed by atoms with Gasteiger partial charge in [-0.1, -0.05) is 61.5 Å². The van der Waals surface area contributed by atoms with E-state index in [1.807, 2.05) is 60.7 Å². The molecule has 0 radical (unpaired) electrons. The van der Waals surface area contributed by atoms with Gasteiger partial charge in [-0.05, 0) is 36.3 Å². The van der Waals surface area contributed by atoms with Crippen molar-refractivity contribution in [2.75, 3.05) is 18.2 Å². The van der Waals surface area contributed by atoms with Crippen LogP contribution in [-0.2, 0) is 0 Å². The third-order valence-electron chi connectivity index (χ3n) is 4.66. The third kappa shape index (κ3) is 4.74. The van der Waals surface area contributed by atoms with Gasteiger partial charge in [0.1, 0.15) is 5.75 Å². The molecule has 154 valence electrons. The topological polar surface area (TPSA) is 69.2 Å². The second-order valence-electron chi connectivity index (χ2n) is 6.81. The van der Waals surface area contributed by atoms with Crippen molar-refractivity contribution in [3.05, 3.63) is 60.2 Å². The van der Waals surface area contributed by atoms with E-state index in [0.29, 0.717) is 16.7 Å². The van der Waals surface area contributed by atoms with Crippen LogP contribution in [0.15, 0.2) is 59.8 Å². The third-order valence-corrected chi connectivity index (χ3v) is 5.59. The normalized spacial score (nSPS) is 14.9. The molecule has 0 unspecified atom stereocenters. The smallest absolute Gasteiger partial charge is 0.247 e. The van der Waals surface area contributed by atoms with Crippen LogP contribution in [-0.4, -0.2) is 34.3 Å². The van der Waals surface area contributed by atoms with Crippen LogP contribution < -0.4 is 14.8 Å². The van der Waals surface area contributed by atoms with Crippen molar-refractivity contribution >= 4 is 23.5 Å². The quantitative estimate of drug-likeness (QED) is 0.412. The number of hydrogen-bond acceptors (Lipinski definition) is 7. The summed E-state index contributed by atoms with van der Waals surface area (Å²) < 4.78 is 11.4. The van der Waals surface area contributed by atoms with Gasteiger partial charge in [0.2, 0.25) is 11.0 Å². The summed E-state index contributed by atoms with van der Waals surface area (Å²) in [5, 5.41) is 12.8. The van der Waals surface area contributed by atoms with Gasteiger partial charge >= 0.3 is 0 Å². The van der Waals surface area contributed by atoms with Crippen LogP contribution in [0.4, 0.5) is 5.69 Å². The number of thioether (sulfide) groups is 1. The molecule has 2 aromatic carbocycles. The summed E-state index contributed by atoms with van der Waals surface area (Å²) in [5.41, 5.74) is 3.56. The monoisotopic (exact) mass is 420 g/mol. The Morgan fingerprint density at radius 2 is 1.97 bits per heavy atom. The largest absolute Gasteiger partial charge is 0.497 e. The molecule has 1 aliphatic heterocycles. The van der Waals surface area contributed by atoms with E-state index >= 15 is 0 Å². The summed E-state index contributed by atoms with van der Waals surface area (Å²) >= 11 is 1.61. The van der Waals surface area contributed by atoms with E-state index in [9.17, 15) is 0 Å². The standard InChI is InChI=1S/C23H24N4O2S/c1-3-4-15-30-23-25-22-21(26-27-23)18-7-5-6-8-19(18)24-20(29-22)14-11-16-9-12-17(28-2)13-10-16/h5-14,20,24H,3-4,15H2,1-2H3/b14-11-/t20-/m0/s1. The first-order valence-electron chi connectivity index (χ1n) is 9.99. The van der Waals surface area contributed by atoms with E-state index in [2.05, 4.69) is 27.4 Å². The Morgan fingerprint density at radius 3 is 2.77 bits per heavy atom. The highest BCUT2D eigenvalue weighted by molar-refractivity contribution is 7.99. The van der Waals surface area contributed by atoms with Crippen molar-refractivity contribution in [1.82, 2.24) is 15.2 Å². The second-order valence-corrected chi connectivity index (χ2v) is 7.87. The zero-order chi connectivity index (χ0) is 20.8. The van der Waals surface area contributed by atoms with Gasteiger partial charge in [0, 0.05) is 17.0 Å². The summed E-state index contributed by atoms with van der Waals surface area (Å²) in [5.74, 6) is 2.28. The van der Waals surface area contributed by atoms with Crippen molar-refractivity contribution in [2.24, 2.45) is 0 Å². The second kappa shape index (κ2) is 9.63. The number of benzene rings is 2. The minimum atomic E-state index is -0.389. The molecule has 0 amide bonds. The molecule has 1 aromatic heterocycles. The highest BCUT2D eigenvalue weighted by atomic mass is 32.2. The van der Waals surface area contributed by atoms with Crippen LogP contribution in [0.5, 0.6) is 11.6 Å². The number of rotatable bonds is 7. The maximum atomic E-state index is 6.20. The fourth-order valence-corrected chi connectivity index (χ4v) is 3.90. The Labute approximate surface area is 180 Å². The summed E-state index contributed by atoms with van der Waals surface area (Å²) in [7, 11) is 1.66. The predicted octanol–water partition coefficient (Wildman–Crippen LogP) is 5.28. The lowest BCUT2D eigenvalue weighted by atomic mass is 10.1. The molecule has 2 heterocycles. The number of hydrogen-bond donors (Lipinski definition) is 1. The molecule has 1 N–H and O–H groups in total. The molecule has 30 heavy (non-hydrogen) atoms. The van der Waals surface area contributed by atoms with Crippen LogP contribution in [0.25, 0.3) is 17.3 Å². The van der Waals surface area contributed by atoms with Gasteiger partial charge in [-0.2, -0.15) is 4.98 Å². The minimum Gasteiger partial charge on any atom is -0.497 e. The molecular weight excluding hydrogens is 396 g/mol. The van der Waals surface area contributed by atoms with Crippen LogP contribution >= 0.6 is 11.8 Å². The average molecular weight is 421 g/mol. The van der Waals surface area contributed by atoms with Gasteiger partial charge in [-0.25, -0.2) is 0 Å². The van der Waals surface area contributed by atoms with Crippen molar-refractivity contribution in [3.8, 4) is 22.9 Å².